The molecule has 4 nitrogen and oxygen atoms in total. The molecular weight excluding hydrogens is 356 g/mol. The lowest BCUT2D eigenvalue weighted by molar-refractivity contribution is -0.910. The van der Waals surface area contributed by atoms with E-state index in [0.29, 0.717) is 17.5 Å². The summed E-state index contributed by atoms with van der Waals surface area (Å²) in [4.78, 5) is 14.9. The van der Waals surface area contributed by atoms with Crippen LogP contribution in [-0.2, 0) is 6.54 Å². The van der Waals surface area contributed by atoms with Crippen LogP contribution in [0.15, 0.2) is 44.9 Å². The molecule has 2 heterocycles. The Balaban J connectivity index is 1.85. The van der Waals surface area contributed by atoms with Crippen molar-refractivity contribution < 1.29 is 14.6 Å². The van der Waals surface area contributed by atoms with Crippen LogP contribution in [0, 0.1) is 6.92 Å². The number of rotatable bonds is 7. The Labute approximate surface area is 164 Å². The second kappa shape index (κ2) is 8.38. The fourth-order valence-corrected chi connectivity index (χ4v) is 4.68. The molecule has 0 aliphatic heterocycles. The highest BCUT2D eigenvalue weighted by Gasteiger charge is 2.21. The summed E-state index contributed by atoms with van der Waals surface area (Å²) in [7, 11) is 4.39. The molecule has 0 radical (unpaired) electrons. The number of nitrogens with two attached hydrogens (primary N) is 1. The molecule has 0 saturated heterocycles. The van der Waals surface area contributed by atoms with Gasteiger partial charge in [0.2, 0.25) is 0 Å². The summed E-state index contributed by atoms with van der Waals surface area (Å²) < 4.78 is 5.47. The van der Waals surface area contributed by atoms with Crippen LogP contribution < -0.4 is 15.8 Å². The second-order valence-corrected chi connectivity index (χ2v) is 8.80. The standard InChI is InChI=1S/C22H28N2O2S/c1-14(2)17-11-18-16(10-22(25)26-20(18)9-15(17)3)12-23-13-19(24(4)5)21-7-6-8-27-21/h6-11,14,19,23H,12-13H2,1-5H3/p+2/t19-/m1/s1. The Morgan fingerprint density at radius 3 is 2.63 bits per heavy atom. The van der Waals surface area contributed by atoms with Gasteiger partial charge in [-0.15, -0.1) is 11.3 Å². The minimum atomic E-state index is -0.268. The molecule has 144 valence electrons. The van der Waals surface area contributed by atoms with E-state index in [1.807, 2.05) is 17.4 Å². The third-order valence-corrected chi connectivity index (χ3v) is 6.17. The van der Waals surface area contributed by atoms with Gasteiger partial charge in [-0.05, 0) is 47.5 Å². The molecule has 1 atom stereocenters. The van der Waals surface area contributed by atoms with Gasteiger partial charge in [0, 0.05) is 17.0 Å². The van der Waals surface area contributed by atoms with Crippen LogP contribution in [0.2, 0.25) is 0 Å². The van der Waals surface area contributed by atoms with E-state index in [2.05, 4.69) is 63.8 Å². The molecule has 0 spiro atoms. The third kappa shape index (κ3) is 4.49. The molecule has 0 aliphatic carbocycles. The van der Waals surface area contributed by atoms with Crippen LogP contribution in [0.25, 0.3) is 11.0 Å². The lowest BCUT2D eigenvalue weighted by Gasteiger charge is -2.19. The van der Waals surface area contributed by atoms with Gasteiger partial charge in [-0.3, -0.25) is 0 Å². The number of hydrogen-bond donors (Lipinski definition) is 2. The van der Waals surface area contributed by atoms with Gasteiger partial charge < -0.3 is 14.6 Å². The summed E-state index contributed by atoms with van der Waals surface area (Å²) in [5.41, 5.74) is 3.97. The van der Waals surface area contributed by atoms with Gasteiger partial charge in [0.05, 0.1) is 19.0 Å². The first-order valence-corrected chi connectivity index (χ1v) is 10.5. The molecule has 3 rings (SSSR count). The van der Waals surface area contributed by atoms with Crippen molar-refractivity contribution >= 4 is 22.3 Å². The van der Waals surface area contributed by atoms with Gasteiger partial charge in [-0.25, -0.2) is 4.79 Å². The molecule has 0 aliphatic rings. The smallest absolute Gasteiger partial charge is 0.336 e. The van der Waals surface area contributed by atoms with Crippen LogP contribution in [0.1, 0.15) is 47.4 Å². The highest BCUT2D eigenvalue weighted by molar-refractivity contribution is 7.10. The summed E-state index contributed by atoms with van der Waals surface area (Å²) in [6.07, 6.45) is 0. The van der Waals surface area contributed by atoms with Crippen molar-refractivity contribution in [3.05, 3.63) is 67.7 Å². The van der Waals surface area contributed by atoms with E-state index in [4.69, 9.17) is 4.42 Å². The maximum Gasteiger partial charge on any atom is 0.336 e. The summed E-state index contributed by atoms with van der Waals surface area (Å²) in [6.45, 7) is 8.24. The predicted octanol–water partition coefficient (Wildman–Crippen LogP) is 2.24. The van der Waals surface area contributed by atoms with E-state index in [9.17, 15) is 4.79 Å². The van der Waals surface area contributed by atoms with Crippen molar-refractivity contribution in [3.63, 3.8) is 0 Å². The van der Waals surface area contributed by atoms with Crippen LogP contribution >= 0.6 is 11.3 Å². The maximum atomic E-state index is 12.0. The largest absolute Gasteiger partial charge is 0.423 e. The highest BCUT2D eigenvalue weighted by atomic mass is 32.1. The Morgan fingerprint density at radius 1 is 1.22 bits per heavy atom. The number of fused-ring (bicyclic) bond motifs is 1. The normalized spacial score (nSPS) is 13.0. The fourth-order valence-electron chi connectivity index (χ4n) is 3.71. The first-order valence-electron chi connectivity index (χ1n) is 9.59. The number of quaternary nitrogens is 2. The molecule has 0 amide bonds. The van der Waals surface area contributed by atoms with Crippen LogP contribution in [0.3, 0.4) is 0 Å². The van der Waals surface area contributed by atoms with Gasteiger partial charge in [-0.1, -0.05) is 19.9 Å². The monoisotopic (exact) mass is 386 g/mol. The zero-order chi connectivity index (χ0) is 19.6. The molecular formula is C22H30N2O2S+2. The minimum absolute atomic E-state index is 0.268. The highest BCUT2D eigenvalue weighted by Crippen LogP contribution is 2.26. The lowest BCUT2D eigenvalue weighted by Crippen LogP contribution is -3.09. The van der Waals surface area contributed by atoms with Crippen molar-refractivity contribution in [1.82, 2.24) is 0 Å². The number of aryl methyl sites for hydroxylation is 1. The molecule has 1 aromatic carbocycles. The molecule has 0 unspecified atom stereocenters. The zero-order valence-electron chi connectivity index (χ0n) is 16.8. The average Bonchev–Trinajstić information content (AvgIpc) is 3.11. The van der Waals surface area contributed by atoms with Crippen molar-refractivity contribution in [3.8, 4) is 0 Å². The first-order chi connectivity index (χ1) is 12.9. The van der Waals surface area contributed by atoms with E-state index in [1.54, 1.807) is 6.07 Å². The van der Waals surface area contributed by atoms with Gasteiger partial charge in [0.25, 0.3) is 0 Å². The van der Waals surface area contributed by atoms with Crippen LogP contribution in [0.4, 0.5) is 0 Å². The predicted molar refractivity (Wildman–Crippen MR) is 112 cm³/mol. The summed E-state index contributed by atoms with van der Waals surface area (Å²) in [5, 5.41) is 5.50. The van der Waals surface area contributed by atoms with Gasteiger partial charge in [0.1, 0.15) is 18.7 Å². The molecule has 0 bridgehead atoms. The molecule has 5 heteroatoms. The Hall–Kier alpha value is -1.95. The Kier molecular flexibility index (Phi) is 6.15. The number of likely N-dealkylation sites (N-methyl/N-ethyl adjacent to an activating group) is 1. The fraction of sp³-hybridized carbons (Fsp3) is 0.409. The maximum absolute atomic E-state index is 12.0. The third-order valence-electron chi connectivity index (χ3n) is 5.19. The van der Waals surface area contributed by atoms with Crippen molar-refractivity contribution in [2.45, 2.75) is 39.3 Å². The number of thiophene rings is 1. The number of hydrogen-bond acceptors (Lipinski definition) is 3. The molecule has 0 saturated carbocycles. The molecule has 0 fully saturated rings. The van der Waals surface area contributed by atoms with E-state index in [1.165, 1.54) is 20.9 Å². The Morgan fingerprint density at radius 2 is 2.00 bits per heavy atom. The van der Waals surface area contributed by atoms with E-state index in [0.717, 1.165) is 24.0 Å². The van der Waals surface area contributed by atoms with Crippen molar-refractivity contribution in [1.29, 1.82) is 0 Å². The molecule has 3 aromatic rings. The Bertz CT molecular complexity index is 958. The van der Waals surface area contributed by atoms with Gasteiger partial charge in [0.15, 0.2) is 6.04 Å². The van der Waals surface area contributed by atoms with Gasteiger partial charge >= 0.3 is 5.63 Å². The summed E-state index contributed by atoms with van der Waals surface area (Å²) in [6, 6.07) is 10.6. The van der Waals surface area contributed by atoms with E-state index in [-0.39, 0.29) is 5.63 Å². The topological polar surface area (TPSA) is 51.3 Å². The molecule has 2 aromatic heterocycles. The second-order valence-electron chi connectivity index (χ2n) is 7.82. The SMILES string of the molecule is Cc1cc2oc(=O)cc(C[NH2+]C[C@H](c3cccs3)[NH+](C)C)c2cc1C(C)C. The van der Waals surface area contributed by atoms with E-state index >= 15 is 0 Å². The first kappa shape index (κ1) is 19.8. The quantitative estimate of drug-likeness (QED) is 0.612. The average molecular weight is 387 g/mol. The number of nitrogens with one attached hydrogen (secondary N) is 1. The van der Waals surface area contributed by atoms with Crippen molar-refractivity contribution in [2.75, 3.05) is 20.6 Å². The van der Waals surface area contributed by atoms with Crippen LogP contribution in [-0.4, -0.2) is 20.6 Å². The van der Waals surface area contributed by atoms with Crippen LogP contribution in [0.5, 0.6) is 0 Å². The lowest BCUT2D eigenvalue weighted by atomic mass is 9.95. The van der Waals surface area contributed by atoms with Crippen molar-refractivity contribution in [2.24, 2.45) is 0 Å². The summed E-state index contributed by atoms with van der Waals surface area (Å²) >= 11 is 1.81. The molecule has 3 N–H and O–H groups in total. The van der Waals surface area contributed by atoms with E-state index < -0.39 is 0 Å². The minimum Gasteiger partial charge on any atom is -0.423 e. The summed E-state index contributed by atoms with van der Waals surface area (Å²) in [5.74, 6) is 0.443. The molecule has 27 heavy (non-hydrogen) atoms. The number of benzene rings is 1. The zero-order valence-corrected chi connectivity index (χ0v) is 17.7. The van der Waals surface area contributed by atoms with Gasteiger partial charge in [-0.2, -0.15) is 0 Å².